The summed E-state index contributed by atoms with van der Waals surface area (Å²) in [5, 5.41) is 3.26. The summed E-state index contributed by atoms with van der Waals surface area (Å²) in [5.74, 6) is 0.859. The number of alkyl halides is 2. The number of ether oxygens (including phenoxy) is 3. The third-order valence-corrected chi connectivity index (χ3v) is 7.04. The van der Waals surface area contributed by atoms with E-state index in [0.29, 0.717) is 40.2 Å². The van der Waals surface area contributed by atoms with E-state index in [-0.39, 0.29) is 17.9 Å². The second kappa shape index (κ2) is 11.1. The number of benzene rings is 1. The van der Waals surface area contributed by atoms with Gasteiger partial charge >= 0.3 is 12.6 Å². The molecule has 1 saturated carbocycles. The van der Waals surface area contributed by atoms with Crippen molar-refractivity contribution in [2.45, 2.75) is 37.4 Å². The SMILES string of the molecule is O=C(O[C@@H](Cc1c(Cl)cncc1Cl)c1ccc(OC(F)F)c(OCC2CC2)c1)[C@H]1NCCS1. The maximum atomic E-state index is 12.9. The first-order chi connectivity index (χ1) is 15.9. The maximum Gasteiger partial charge on any atom is 0.387 e. The largest absolute Gasteiger partial charge is 0.489 e. The molecule has 6 nitrogen and oxygen atoms in total. The van der Waals surface area contributed by atoms with Crippen molar-refractivity contribution in [3.63, 3.8) is 0 Å². The first kappa shape index (κ1) is 24.3. The van der Waals surface area contributed by atoms with Crippen molar-refractivity contribution in [3.05, 3.63) is 51.8 Å². The fourth-order valence-corrected chi connectivity index (χ4v) is 4.77. The number of esters is 1. The summed E-state index contributed by atoms with van der Waals surface area (Å²) >= 11 is 14.1. The Morgan fingerprint density at radius 2 is 1.97 bits per heavy atom. The van der Waals surface area contributed by atoms with E-state index >= 15 is 0 Å². The third-order valence-electron chi connectivity index (χ3n) is 5.26. The average Bonchev–Trinajstić information content (AvgIpc) is 3.44. The van der Waals surface area contributed by atoms with Gasteiger partial charge in [-0.2, -0.15) is 8.78 Å². The summed E-state index contributed by atoms with van der Waals surface area (Å²) in [4.78, 5) is 16.7. The van der Waals surface area contributed by atoms with Gasteiger partial charge in [0.25, 0.3) is 0 Å². The van der Waals surface area contributed by atoms with Crippen molar-refractivity contribution in [2.24, 2.45) is 5.92 Å². The molecule has 0 amide bonds. The van der Waals surface area contributed by atoms with Gasteiger partial charge in [0.05, 0.1) is 16.7 Å². The van der Waals surface area contributed by atoms with Crippen LogP contribution in [0.3, 0.4) is 0 Å². The predicted molar refractivity (Wildman–Crippen MR) is 122 cm³/mol. The van der Waals surface area contributed by atoms with Gasteiger partial charge in [-0.05, 0) is 42.0 Å². The zero-order valence-electron chi connectivity index (χ0n) is 17.4. The molecule has 1 aliphatic carbocycles. The topological polar surface area (TPSA) is 69.7 Å². The van der Waals surface area contributed by atoms with Gasteiger partial charge in [0.1, 0.15) is 6.10 Å². The second-order valence-electron chi connectivity index (χ2n) is 7.76. The fourth-order valence-electron chi connectivity index (χ4n) is 3.35. The van der Waals surface area contributed by atoms with E-state index < -0.39 is 24.1 Å². The molecule has 0 radical (unpaired) electrons. The van der Waals surface area contributed by atoms with Crippen LogP contribution in [0, 0.1) is 5.92 Å². The standard InChI is InChI=1S/C22H22Cl2F2N2O4S/c23-15-9-27-10-16(24)14(15)8-18(31-21(29)20-28-5-6-33-20)13-3-4-17(32-22(25)26)19(7-13)30-11-12-1-2-12/h3-4,7,9-10,12,18,20,22,28H,1-2,5-6,8,11H2/t18-,20-/m0/s1. The second-order valence-corrected chi connectivity index (χ2v) is 9.78. The highest BCUT2D eigenvalue weighted by Crippen LogP contribution is 2.38. The Balaban J connectivity index is 1.63. The van der Waals surface area contributed by atoms with Crippen LogP contribution in [0.15, 0.2) is 30.6 Å². The molecule has 2 heterocycles. The summed E-state index contributed by atoms with van der Waals surface area (Å²) < 4.78 is 42.0. The lowest BCUT2D eigenvalue weighted by Crippen LogP contribution is -2.32. The lowest BCUT2D eigenvalue weighted by Gasteiger charge is -2.23. The number of carbonyl (C=O) groups excluding carboxylic acids is 1. The van der Waals surface area contributed by atoms with Gasteiger partial charge in [0.15, 0.2) is 16.9 Å². The van der Waals surface area contributed by atoms with Crippen molar-refractivity contribution in [2.75, 3.05) is 18.9 Å². The van der Waals surface area contributed by atoms with Crippen LogP contribution in [0.4, 0.5) is 8.78 Å². The van der Waals surface area contributed by atoms with Crippen molar-refractivity contribution < 1.29 is 27.8 Å². The number of hydrogen-bond acceptors (Lipinski definition) is 7. The van der Waals surface area contributed by atoms with Crippen molar-refractivity contribution >= 4 is 40.9 Å². The number of carbonyl (C=O) groups is 1. The molecule has 1 N–H and O–H groups in total. The Bertz CT molecular complexity index is 971. The van der Waals surface area contributed by atoms with Crippen LogP contribution in [0.2, 0.25) is 10.0 Å². The Kier molecular flexibility index (Phi) is 8.16. The van der Waals surface area contributed by atoms with Gasteiger partial charge in [0, 0.05) is 31.1 Å². The highest BCUT2D eigenvalue weighted by molar-refractivity contribution is 8.00. The highest BCUT2D eigenvalue weighted by Gasteiger charge is 2.30. The Morgan fingerprint density at radius 3 is 2.61 bits per heavy atom. The highest BCUT2D eigenvalue weighted by atomic mass is 35.5. The molecule has 2 atom stereocenters. The molecular formula is C22H22Cl2F2N2O4S. The monoisotopic (exact) mass is 518 g/mol. The average molecular weight is 519 g/mol. The minimum absolute atomic E-state index is 0.0764. The Labute approximate surface area is 204 Å². The molecule has 0 bridgehead atoms. The number of nitrogens with one attached hydrogen (secondary N) is 1. The molecule has 1 aromatic heterocycles. The fraction of sp³-hybridized carbons (Fsp3) is 0.455. The number of nitrogens with zero attached hydrogens (tertiary/aromatic N) is 1. The van der Waals surface area contributed by atoms with E-state index in [1.54, 1.807) is 12.1 Å². The smallest absolute Gasteiger partial charge is 0.387 e. The first-order valence-corrected chi connectivity index (χ1v) is 12.3. The zero-order chi connectivity index (χ0) is 23.4. The molecule has 2 aromatic rings. The molecule has 2 aliphatic rings. The van der Waals surface area contributed by atoms with Crippen LogP contribution in [-0.2, 0) is 16.0 Å². The number of halogens is 4. The first-order valence-electron chi connectivity index (χ1n) is 10.5. The number of hydrogen-bond donors (Lipinski definition) is 1. The predicted octanol–water partition coefficient (Wildman–Crippen LogP) is 5.27. The summed E-state index contributed by atoms with van der Waals surface area (Å²) in [6.07, 6.45) is 4.37. The van der Waals surface area contributed by atoms with Crippen molar-refractivity contribution in [1.82, 2.24) is 10.3 Å². The van der Waals surface area contributed by atoms with E-state index in [4.69, 9.17) is 32.7 Å². The van der Waals surface area contributed by atoms with Gasteiger partial charge in [-0.15, -0.1) is 11.8 Å². The molecule has 11 heteroatoms. The Hall–Kier alpha value is -1.81. The number of pyridine rings is 1. The van der Waals surface area contributed by atoms with Gasteiger partial charge < -0.3 is 14.2 Å². The minimum atomic E-state index is -2.99. The van der Waals surface area contributed by atoms with Crippen molar-refractivity contribution in [3.8, 4) is 11.5 Å². The van der Waals surface area contributed by atoms with Crippen LogP contribution < -0.4 is 14.8 Å². The molecule has 0 unspecified atom stereocenters. The number of thioether (sulfide) groups is 1. The van der Waals surface area contributed by atoms with Crippen LogP contribution in [0.1, 0.15) is 30.1 Å². The van der Waals surface area contributed by atoms with E-state index in [9.17, 15) is 13.6 Å². The molecule has 33 heavy (non-hydrogen) atoms. The van der Waals surface area contributed by atoms with Crippen LogP contribution in [0.5, 0.6) is 11.5 Å². The molecule has 1 aromatic carbocycles. The van der Waals surface area contributed by atoms with Crippen LogP contribution in [0.25, 0.3) is 0 Å². The van der Waals surface area contributed by atoms with Crippen LogP contribution >= 0.6 is 35.0 Å². The zero-order valence-corrected chi connectivity index (χ0v) is 19.8. The lowest BCUT2D eigenvalue weighted by molar-refractivity contribution is -0.149. The van der Waals surface area contributed by atoms with Gasteiger partial charge in [-0.1, -0.05) is 29.3 Å². The molecule has 178 valence electrons. The molecule has 0 spiro atoms. The summed E-state index contributed by atoms with van der Waals surface area (Å²) in [5.41, 5.74) is 1.11. The molecule has 4 rings (SSSR count). The van der Waals surface area contributed by atoms with Crippen molar-refractivity contribution in [1.29, 1.82) is 0 Å². The molecule has 2 fully saturated rings. The minimum Gasteiger partial charge on any atom is -0.489 e. The summed E-state index contributed by atoms with van der Waals surface area (Å²) in [6, 6.07) is 4.52. The van der Waals surface area contributed by atoms with E-state index in [1.807, 2.05) is 0 Å². The molecular weight excluding hydrogens is 497 g/mol. The third kappa shape index (κ3) is 6.62. The van der Waals surface area contributed by atoms with Gasteiger partial charge in [-0.3, -0.25) is 10.3 Å². The summed E-state index contributed by atoms with van der Waals surface area (Å²) in [6.45, 7) is -1.89. The maximum absolute atomic E-state index is 12.9. The lowest BCUT2D eigenvalue weighted by atomic mass is 10.0. The van der Waals surface area contributed by atoms with E-state index in [2.05, 4.69) is 15.0 Å². The van der Waals surface area contributed by atoms with Gasteiger partial charge in [-0.25, -0.2) is 4.79 Å². The number of rotatable bonds is 10. The summed E-state index contributed by atoms with van der Waals surface area (Å²) in [7, 11) is 0. The molecule has 1 saturated heterocycles. The van der Waals surface area contributed by atoms with E-state index in [0.717, 1.165) is 18.6 Å². The normalized spacial score (nSPS) is 18.9. The van der Waals surface area contributed by atoms with E-state index in [1.165, 1.54) is 30.2 Å². The molecule has 1 aliphatic heterocycles. The van der Waals surface area contributed by atoms with Crippen LogP contribution in [-0.4, -0.2) is 41.8 Å². The Morgan fingerprint density at radius 1 is 1.21 bits per heavy atom. The van der Waals surface area contributed by atoms with Gasteiger partial charge in [0.2, 0.25) is 0 Å². The number of aromatic nitrogens is 1. The quantitative estimate of drug-likeness (QED) is 0.429.